The van der Waals surface area contributed by atoms with Crippen molar-refractivity contribution in [2.75, 3.05) is 56.6 Å². The first-order valence-electron chi connectivity index (χ1n) is 9.29. The van der Waals surface area contributed by atoms with E-state index >= 15 is 0 Å². The lowest BCUT2D eigenvalue weighted by atomic mass is 10.2. The number of hydrogen-bond acceptors (Lipinski definition) is 6. The number of para-hydroxylation sites is 2. The van der Waals surface area contributed by atoms with E-state index in [1.807, 2.05) is 37.3 Å². The summed E-state index contributed by atoms with van der Waals surface area (Å²) in [7, 11) is 0. The van der Waals surface area contributed by atoms with Gasteiger partial charge in [0.25, 0.3) is 5.91 Å². The van der Waals surface area contributed by atoms with Crippen LogP contribution >= 0.6 is 0 Å². The number of carbonyl (C=O) groups excluding carboxylic acids is 1. The fourth-order valence-electron chi connectivity index (χ4n) is 2.89. The van der Waals surface area contributed by atoms with E-state index in [1.165, 1.54) is 0 Å². The Bertz CT molecular complexity index is 748. The summed E-state index contributed by atoms with van der Waals surface area (Å²) >= 11 is 0. The zero-order chi connectivity index (χ0) is 18.9. The quantitative estimate of drug-likeness (QED) is 0.744. The summed E-state index contributed by atoms with van der Waals surface area (Å²) in [5, 5.41) is 6.23. The lowest BCUT2D eigenvalue weighted by molar-refractivity contribution is 0.0398. The maximum Gasteiger partial charge on any atom is 0.274 e. The highest BCUT2D eigenvalue weighted by atomic mass is 16.5. The van der Waals surface area contributed by atoms with Crippen LogP contribution in [0.4, 0.5) is 11.4 Å². The van der Waals surface area contributed by atoms with Gasteiger partial charge in [-0.05, 0) is 31.2 Å². The second-order valence-corrected chi connectivity index (χ2v) is 6.19. The molecule has 1 saturated heterocycles. The standard InChI is InChI=1S/C20H26N4O3/c1-2-27-19-6-4-3-5-17(19)23-20(25)18-15-16(7-8-22-18)21-9-10-24-11-13-26-14-12-24/h3-8,15H,2,9-14H2,1H3,(H,21,22)(H,23,25). The Morgan fingerprint density at radius 3 is 2.89 bits per heavy atom. The number of anilines is 2. The third-order valence-corrected chi connectivity index (χ3v) is 4.29. The van der Waals surface area contributed by atoms with Crippen LogP contribution in [-0.4, -0.2) is 61.8 Å². The molecule has 0 unspecified atom stereocenters. The van der Waals surface area contributed by atoms with Crippen molar-refractivity contribution in [2.45, 2.75) is 6.92 Å². The van der Waals surface area contributed by atoms with Gasteiger partial charge in [-0.2, -0.15) is 0 Å². The second kappa shape index (κ2) is 9.89. The minimum atomic E-state index is -0.265. The topological polar surface area (TPSA) is 75.7 Å². The van der Waals surface area contributed by atoms with Crippen LogP contribution in [0.15, 0.2) is 42.6 Å². The highest BCUT2D eigenvalue weighted by Gasteiger charge is 2.12. The molecule has 3 rings (SSSR count). The number of rotatable bonds is 8. The smallest absolute Gasteiger partial charge is 0.274 e. The molecule has 2 aromatic rings. The number of nitrogens with zero attached hydrogens (tertiary/aromatic N) is 2. The van der Waals surface area contributed by atoms with Gasteiger partial charge in [-0.3, -0.25) is 14.7 Å². The number of benzene rings is 1. The number of nitrogens with one attached hydrogen (secondary N) is 2. The Kier molecular flexibility index (Phi) is 7.01. The number of morpholine rings is 1. The predicted molar refractivity (Wildman–Crippen MR) is 106 cm³/mol. The van der Waals surface area contributed by atoms with Gasteiger partial charge < -0.3 is 20.1 Å². The van der Waals surface area contributed by atoms with Crippen molar-refractivity contribution < 1.29 is 14.3 Å². The first kappa shape index (κ1) is 19.1. The molecule has 1 aliphatic heterocycles. The van der Waals surface area contributed by atoms with Gasteiger partial charge in [0.05, 0.1) is 25.5 Å². The van der Waals surface area contributed by atoms with E-state index in [-0.39, 0.29) is 5.91 Å². The molecule has 0 radical (unpaired) electrons. The summed E-state index contributed by atoms with van der Waals surface area (Å²) in [6.07, 6.45) is 1.64. The van der Waals surface area contributed by atoms with Crippen LogP contribution < -0.4 is 15.4 Å². The molecule has 0 atom stereocenters. The van der Waals surface area contributed by atoms with Crippen LogP contribution in [0.25, 0.3) is 0 Å². The number of hydrogen-bond donors (Lipinski definition) is 2. The fourth-order valence-corrected chi connectivity index (χ4v) is 2.89. The van der Waals surface area contributed by atoms with Crippen molar-refractivity contribution in [2.24, 2.45) is 0 Å². The third-order valence-electron chi connectivity index (χ3n) is 4.29. The highest BCUT2D eigenvalue weighted by molar-refractivity contribution is 6.04. The minimum Gasteiger partial charge on any atom is -0.492 e. The van der Waals surface area contributed by atoms with Crippen LogP contribution in [0.1, 0.15) is 17.4 Å². The van der Waals surface area contributed by atoms with Gasteiger partial charge in [0.15, 0.2) is 0 Å². The normalized spacial score (nSPS) is 14.6. The number of ether oxygens (including phenoxy) is 2. The molecule has 144 valence electrons. The van der Waals surface area contributed by atoms with Crippen molar-refractivity contribution in [3.8, 4) is 5.75 Å². The van der Waals surface area contributed by atoms with Crippen molar-refractivity contribution in [1.82, 2.24) is 9.88 Å². The van der Waals surface area contributed by atoms with E-state index in [2.05, 4.69) is 20.5 Å². The van der Waals surface area contributed by atoms with Crippen molar-refractivity contribution >= 4 is 17.3 Å². The van der Waals surface area contributed by atoms with Gasteiger partial charge in [0, 0.05) is 38.1 Å². The molecular formula is C20H26N4O3. The van der Waals surface area contributed by atoms with E-state index in [0.29, 0.717) is 23.7 Å². The van der Waals surface area contributed by atoms with Crippen molar-refractivity contribution in [1.29, 1.82) is 0 Å². The molecule has 7 nitrogen and oxygen atoms in total. The second-order valence-electron chi connectivity index (χ2n) is 6.19. The molecule has 1 aliphatic rings. The molecule has 0 bridgehead atoms. The Hall–Kier alpha value is -2.64. The monoisotopic (exact) mass is 370 g/mol. The average molecular weight is 370 g/mol. The van der Waals surface area contributed by atoms with Gasteiger partial charge >= 0.3 is 0 Å². The summed E-state index contributed by atoms with van der Waals surface area (Å²) in [5.41, 5.74) is 1.87. The molecule has 27 heavy (non-hydrogen) atoms. The zero-order valence-corrected chi connectivity index (χ0v) is 15.6. The van der Waals surface area contributed by atoms with Crippen LogP contribution in [0.5, 0.6) is 5.75 Å². The Balaban J connectivity index is 1.57. The van der Waals surface area contributed by atoms with Gasteiger partial charge in [0.1, 0.15) is 11.4 Å². The largest absolute Gasteiger partial charge is 0.492 e. The molecule has 7 heteroatoms. The van der Waals surface area contributed by atoms with Gasteiger partial charge in [0.2, 0.25) is 0 Å². The van der Waals surface area contributed by atoms with Crippen molar-refractivity contribution in [3.05, 3.63) is 48.3 Å². The zero-order valence-electron chi connectivity index (χ0n) is 15.6. The summed E-state index contributed by atoms with van der Waals surface area (Å²) in [6, 6.07) is 11.0. The van der Waals surface area contributed by atoms with Crippen LogP contribution in [0, 0.1) is 0 Å². The molecule has 0 saturated carbocycles. The summed E-state index contributed by atoms with van der Waals surface area (Å²) in [6.45, 7) is 7.70. The number of carbonyl (C=O) groups is 1. The van der Waals surface area contributed by atoms with E-state index in [1.54, 1.807) is 12.3 Å². The molecule has 2 heterocycles. The molecular weight excluding hydrogens is 344 g/mol. The lowest BCUT2D eigenvalue weighted by Gasteiger charge is -2.26. The van der Waals surface area contributed by atoms with E-state index < -0.39 is 0 Å². The molecule has 1 amide bonds. The first-order valence-corrected chi connectivity index (χ1v) is 9.29. The van der Waals surface area contributed by atoms with Crippen molar-refractivity contribution in [3.63, 3.8) is 0 Å². The third kappa shape index (κ3) is 5.67. The Labute approximate surface area is 159 Å². The van der Waals surface area contributed by atoms with Crippen LogP contribution in [-0.2, 0) is 4.74 Å². The highest BCUT2D eigenvalue weighted by Crippen LogP contribution is 2.24. The predicted octanol–water partition coefficient (Wildman–Crippen LogP) is 2.48. The van der Waals surface area contributed by atoms with Crippen LogP contribution in [0.2, 0.25) is 0 Å². The van der Waals surface area contributed by atoms with Crippen LogP contribution in [0.3, 0.4) is 0 Å². The average Bonchev–Trinajstić information content (AvgIpc) is 2.71. The first-order chi connectivity index (χ1) is 13.3. The summed E-state index contributed by atoms with van der Waals surface area (Å²) in [4.78, 5) is 19.1. The minimum absolute atomic E-state index is 0.265. The molecule has 1 aromatic carbocycles. The fraction of sp³-hybridized carbons (Fsp3) is 0.400. The molecule has 1 aromatic heterocycles. The molecule has 2 N–H and O–H groups in total. The van der Waals surface area contributed by atoms with Gasteiger partial charge in [-0.15, -0.1) is 0 Å². The Morgan fingerprint density at radius 1 is 1.26 bits per heavy atom. The Morgan fingerprint density at radius 2 is 2.07 bits per heavy atom. The maximum absolute atomic E-state index is 12.6. The summed E-state index contributed by atoms with van der Waals surface area (Å²) in [5.74, 6) is 0.382. The van der Waals surface area contributed by atoms with Gasteiger partial charge in [-0.25, -0.2) is 0 Å². The number of aromatic nitrogens is 1. The van der Waals surface area contributed by atoms with E-state index in [9.17, 15) is 4.79 Å². The molecule has 0 aliphatic carbocycles. The maximum atomic E-state index is 12.6. The SMILES string of the molecule is CCOc1ccccc1NC(=O)c1cc(NCCN2CCOCC2)ccn1. The van der Waals surface area contributed by atoms with Gasteiger partial charge in [-0.1, -0.05) is 12.1 Å². The number of pyridine rings is 1. The number of amides is 1. The van der Waals surface area contributed by atoms with E-state index in [4.69, 9.17) is 9.47 Å². The lowest BCUT2D eigenvalue weighted by Crippen LogP contribution is -2.39. The summed E-state index contributed by atoms with van der Waals surface area (Å²) < 4.78 is 10.9. The van der Waals surface area contributed by atoms with E-state index in [0.717, 1.165) is 45.1 Å². The molecule has 1 fully saturated rings. The molecule has 0 spiro atoms.